The van der Waals surface area contributed by atoms with Crippen molar-refractivity contribution in [3.8, 4) is 0 Å². The van der Waals surface area contributed by atoms with E-state index in [0.717, 1.165) is 122 Å². The molecule has 332 valence electrons. The van der Waals surface area contributed by atoms with Crippen LogP contribution in [0.1, 0.15) is 187 Å². The lowest BCUT2D eigenvalue weighted by Gasteiger charge is -2.15. The molecule has 5 nitrogen and oxygen atoms in total. The molecular formula is C54H86O5. The summed E-state index contributed by atoms with van der Waals surface area (Å²) >= 11 is 0. The number of allylic oxidation sites excluding steroid dienone is 20. The molecule has 0 radical (unpaired) electrons. The number of carbonyl (C=O) groups excluding carboxylic acids is 2. The van der Waals surface area contributed by atoms with Crippen LogP contribution in [0.3, 0.4) is 0 Å². The number of aliphatic hydroxyl groups is 1. The molecule has 0 amide bonds. The van der Waals surface area contributed by atoms with Gasteiger partial charge in [0.25, 0.3) is 0 Å². The lowest BCUT2D eigenvalue weighted by molar-refractivity contribution is -0.161. The molecular weight excluding hydrogens is 729 g/mol. The summed E-state index contributed by atoms with van der Waals surface area (Å²) in [6.45, 7) is 3.96. The van der Waals surface area contributed by atoms with E-state index < -0.39 is 6.10 Å². The molecule has 0 saturated carbocycles. The monoisotopic (exact) mass is 815 g/mol. The fourth-order valence-electron chi connectivity index (χ4n) is 5.95. The smallest absolute Gasteiger partial charge is 0.306 e. The first-order valence-corrected chi connectivity index (χ1v) is 23.6. The van der Waals surface area contributed by atoms with Crippen LogP contribution in [0.5, 0.6) is 0 Å². The minimum absolute atomic E-state index is 0.0918. The standard InChI is InChI=1S/C54H86O5/c1-3-5-7-9-11-13-15-17-19-21-22-23-24-25-26-27-28-29-30-31-32-33-35-37-39-41-43-45-47-49-54(57)59-52(50-55)51-58-53(56)48-46-44-42-40-38-36-34-20-18-16-14-12-10-8-6-4-2/h5,7,11,13-14,16-17,19-20,22-23,25-26,28-29,31-32,34-35,37,52,55H,3-4,6,8-10,12,15,18,21,24,27,30,33,36,38-51H2,1-2H3/b7-5-,13-11-,16-14-,19-17-,23-22-,26-25-,29-28-,32-31-,34-20-,37-35-. The molecule has 0 aliphatic heterocycles. The molecule has 0 aromatic carbocycles. The van der Waals surface area contributed by atoms with Gasteiger partial charge in [0.1, 0.15) is 6.61 Å². The molecule has 0 aromatic heterocycles. The van der Waals surface area contributed by atoms with Crippen LogP contribution in [0.15, 0.2) is 122 Å². The van der Waals surface area contributed by atoms with Gasteiger partial charge in [0.05, 0.1) is 6.61 Å². The Hall–Kier alpha value is -3.70. The maximum absolute atomic E-state index is 12.2. The fourth-order valence-corrected chi connectivity index (χ4v) is 5.95. The Kier molecular flexibility index (Phi) is 45.6. The lowest BCUT2D eigenvalue weighted by atomic mass is 10.1. The highest BCUT2D eigenvalue weighted by Gasteiger charge is 2.16. The normalized spacial score (nSPS) is 13.3. The van der Waals surface area contributed by atoms with Gasteiger partial charge in [-0.3, -0.25) is 9.59 Å². The maximum Gasteiger partial charge on any atom is 0.306 e. The maximum atomic E-state index is 12.2. The SMILES string of the molecule is CC/C=C\C/C=C\C/C=C\C/C=C\C/C=C\C/C=C\C/C=C\C/C=C\CCCCCCC(=O)OC(CO)COC(=O)CCCCCCC/C=C\C/C=C\CCCCCC. The minimum Gasteiger partial charge on any atom is -0.462 e. The predicted octanol–water partition coefficient (Wildman–Crippen LogP) is 15.6. The molecule has 0 spiro atoms. The van der Waals surface area contributed by atoms with Gasteiger partial charge in [-0.25, -0.2) is 0 Å². The summed E-state index contributed by atoms with van der Waals surface area (Å²) in [4.78, 5) is 24.4. The Balaban J connectivity index is 3.69. The summed E-state index contributed by atoms with van der Waals surface area (Å²) in [6, 6.07) is 0. The van der Waals surface area contributed by atoms with Gasteiger partial charge < -0.3 is 14.6 Å². The first kappa shape index (κ1) is 55.3. The van der Waals surface area contributed by atoms with E-state index in [1.807, 2.05) is 0 Å². The third kappa shape index (κ3) is 46.9. The number of hydrogen-bond acceptors (Lipinski definition) is 5. The van der Waals surface area contributed by atoms with Gasteiger partial charge in [-0.1, -0.05) is 187 Å². The number of rotatable bonds is 41. The zero-order valence-electron chi connectivity index (χ0n) is 37.7. The predicted molar refractivity (Wildman–Crippen MR) is 255 cm³/mol. The Labute approximate surface area is 363 Å². The van der Waals surface area contributed by atoms with Crippen LogP contribution in [0.4, 0.5) is 0 Å². The molecule has 0 aromatic rings. The van der Waals surface area contributed by atoms with E-state index in [4.69, 9.17) is 9.47 Å². The second-order valence-electron chi connectivity index (χ2n) is 15.1. The van der Waals surface area contributed by atoms with Gasteiger partial charge in [0.2, 0.25) is 0 Å². The molecule has 5 heteroatoms. The second kappa shape index (κ2) is 48.7. The zero-order valence-corrected chi connectivity index (χ0v) is 37.7. The molecule has 1 N–H and O–H groups in total. The lowest BCUT2D eigenvalue weighted by Crippen LogP contribution is -2.28. The highest BCUT2D eigenvalue weighted by Crippen LogP contribution is 2.11. The van der Waals surface area contributed by atoms with E-state index in [0.29, 0.717) is 12.8 Å². The number of aliphatic hydroxyl groups excluding tert-OH is 1. The summed E-state index contributed by atoms with van der Waals surface area (Å²) in [5.74, 6) is -0.647. The van der Waals surface area contributed by atoms with Crippen molar-refractivity contribution in [1.29, 1.82) is 0 Å². The molecule has 0 aliphatic carbocycles. The molecule has 0 saturated heterocycles. The summed E-state index contributed by atoms with van der Waals surface area (Å²) in [7, 11) is 0. The molecule has 0 rings (SSSR count). The molecule has 0 bridgehead atoms. The largest absolute Gasteiger partial charge is 0.462 e. The van der Waals surface area contributed by atoms with Crippen LogP contribution in [0, 0.1) is 0 Å². The van der Waals surface area contributed by atoms with Gasteiger partial charge in [0.15, 0.2) is 6.10 Å². The van der Waals surface area contributed by atoms with E-state index in [-0.39, 0.29) is 25.2 Å². The average molecular weight is 815 g/mol. The van der Waals surface area contributed by atoms with Crippen LogP contribution >= 0.6 is 0 Å². The number of ether oxygens (including phenoxy) is 2. The number of carbonyl (C=O) groups is 2. The third-order valence-corrected chi connectivity index (χ3v) is 9.49. The topological polar surface area (TPSA) is 72.8 Å². The van der Waals surface area contributed by atoms with Crippen molar-refractivity contribution in [2.45, 2.75) is 193 Å². The highest BCUT2D eigenvalue weighted by atomic mass is 16.6. The Morgan fingerprint density at radius 2 is 0.729 bits per heavy atom. The van der Waals surface area contributed by atoms with E-state index in [1.165, 1.54) is 38.5 Å². The average Bonchev–Trinajstić information content (AvgIpc) is 3.24. The second-order valence-corrected chi connectivity index (χ2v) is 15.1. The summed E-state index contributed by atoms with van der Waals surface area (Å²) in [5.41, 5.74) is 0. The quantitative estimate of drug-likeness (QED) is 0.0378. The fraction of sp³-hybridized carbons (Fsp3) is 0.593. The van der Waals surface area contributed by atoms with Gasteiger partial charge in [-0.15, -0.1) is 0 Å². The highest BCUT2D eigenvalue weighted by molar-refractivity contribution is 5.70. The molecule has 0 aliphatic rings. The van der Waals surface area contributed by atoms with Crippen molar-refractivity contribution >= 4 is 11.9 Å². The van der Waals surface area contributed by atoms with Crippen LogP contribution in [-0.4, -0.2) is 36.4 Å². The Morgan fingerprint density at radius 3 is 1.10 bits per heavy atom. The van der Waals surface area contributed by atoms with E-state index in [1.54, 1.807) is 0 Å². The van der Waals surface area contributed by atoms with Crippen molar-refractivity contribution in [3.63, 3.8) is 0 Å². The van der Waals surface area contributed by atoms with Crippen molar-refractivity contribution in [3.05, 3.63) is 122 Å². The van der Waals surface area contributed by atoms with Gasteiger partial charge >= 0.3 is 11.9 Å². The van der Waals surface area contributed by atoms with Gasteiger partial charge in [0, 0.05) is 12.8 Å². The molecule has 1 atom stereocenters. The van der Waals surface area contributed by atoms with Gasteiger partial charge in [-0.2, -0.15) is 0 Å². The van der Waals surface area contributed by atoms with Crippen LogP contribution in [0.2, 0.25) is 0 Å². The molecule has 0 heterocycles. The first-order valence-electron chi connectivity index (χ1n) is 23.6. The van der Waals surface area contributed by atoms with E-state index in [2.05, 4.69) is 135 Å². The van der Waals surface area contributed by atoms with Crippen molar-refractivity contribution in [2.75, 3.05) is 13.2 Å². The van der Waals surface area contributed by atoms with Crippen LogP contribution in [-0.2, 0) is 19.1 Å². The minimum atomic E-state index is -0.800. The third-order valence-electron chi connectivity index (χ3n) is 9.49. The number of unbranched alkanes of at least 4 members (excludes halogenated alkanes) is 13. The Bertz CT molecular complexity index is 1240. The van der Waals surface area contributed by atoms with E-state index >= 15 is 0 Å². The van der Waals surface area contributed by atoms with Crippen molar-refractivity contribution in [2.24, 2.45) is 0 Å². The summed E-state index contributed by atoms with van der Waals surface area (Å²) < 4.78 is 10.6. The van der Waals surface area contributed by atoms with Crippen molar-refractivity contribution < 1.29 is 24.2 Å². The number of esters is 2. The number of hydrogen-bond donors (Lipinski definition) is 1. The summed E-state index contributed by atoms with van der Waals surface area (Å²) in [6.07, 6.45) is 71.3. The molecule has 1 unspecified atom stereocenters. The zero-order chi connectivity index (χ0) is 42.8. The van der Waals surface area contributed by atoms with Gasteiger partial charge in [-0.05, 0) is 109 Å². The molecule has 0 fully saturated rings. The summed E-state index contributed by atoms with van der Waals surface area (Å²) in [5, 5.41) is 9.60. The molecule has 59 heavy (non-hydrogen) atoms. The van der Waals surface area contributed by atoms with E-state index in [9.17, 15) is 14.7 Å². The van der Waals surface area contributed by atoms with Crippen molar-refractivity contribution in [1.82, 2.24) is 0 Å². The van der Waals surface area contributed by atoms with Crippen LogP contribution < -0.4 is 0 Å². The first-order chi connectivity index (χ1) is 29.1. The Morgan fingerprint density at radius 1 is 0.407 bits per heavy atom. The van der Waals surface area contributed by atoms with Crippen LogP contribution in [0.25, 0.3) is 0 Å².